The monoisotopic (exact) mass is 301 g/mol. The molecule has 2 heterocycles. The number of rotatable bonds is 2. The Morgan fingerprint density at radius 2 is 2.20 bits per heavy atom. The Morgan fingerprint density at radius 3 is 2.73 bits per heavy atom. The van der Waals surface area contributed by atoms with Gasteiger partial charge in [-0.25, -0.2) is 0 Å². The normalized spacial score (nSPS) is 10.3. The smallest absolute Gasteiger partial charge is 0.222 e. The number of aromatic nitrogens is 1. The second-order valence-corrected chi connectivity index (χ2v) is 5.00. The van der Waals surface area contributed by atoms with Gasteiger partial charge in [0.15, 0.2) is 0 Å². The number of carbonyl (C=O) groups excluding carboxylic acids is 1. The number of hydrogen-bond donors (Lipinski definition) is 0. The number of carbonyl (C=O) groups is 1. The van der Waals surface area contributed by atoms with Crippen LogP contribution in [0.5, 0.6) is 0 Å². The van der Waals surface area contributed by atoms with Crippen molar-refractivity contribution in [1.82, 2.24) is 4.98 Å². The quantitative estimate of drug-likeness (QED) is 0.790. The first-order valence-corrected chi connectivity index (χ1v) is 6.13. The molecule has 0 N–H and O–H groups in total. The molecule has 2 aromatic rings. The Bertz CT molecular complexity index is 494. The van der Waals surface area contributed by atoms with Crippen molar-refractivity contribution in [2.75, 3.05) is 0 Å². The Hall–Kier alpha value is -0.710. The first-order chi connectivity index (χ1) is 7.18. The first kappa shape index (κ1) is 10.8. The van der Waals surface area contributed by atoms with E-state index in [4.69, 9.17) is 11.6 Å². The van der Waals surface area contributed by atoms with E-state index in [1.54, 1.807) is 12.1 Å². The summed E-state index contributed by atoms with van der Waals surface area (Å²) in [6.45, 7) is 0. The molecule has 2 aromatic heterocycles. The molecule has 2 nitrogen and oxygen atoms in total. The number of ketones is 1. The van der Waals surface area contributed by atoms with E-state index in [9.17, 15) is 4.79 Å². The van der Waals surface area contributed by atoms with Crippen molar-refractivity contribution in [2.24, 2.45) is 0 Å². The van der Waals surface area contributed by atoms with Crippen LogP contribution in [0.2, 0.25) is 5.02 Å². The van der Waals surface area contributed by atoms with E-state index in [0.29, 0.717) is 15.6 Å². The van der Waals surface area contributed by atoms with Crippen molar-refractivity contribution in [3.05, 3.63) is 49.8 Å². The predicted octanol–water partition coefficient (Wildman–Crippen LogP) is 3.79. The van der Waals surface area contributed by atoms with Crippen molar-refractivity contribution in [2.45, 2.75) is 0 Å². The fourth-order valence-electron chi connectivity index (χ4n) is 1.08. The van der Waals surface area contributed by atoms with E-state index < -0.39 is 0 Å². The molecule has 15 heavy (non-hydrogen) atoms. The SMILES string of the molecule is O=C(c1ccc(Cl)cn1)c1sccc1Br. The van der Waals surface area contributed by atoms with E-state index in [-0.39, 0.29) is 5.78 Å². The molecule has 0 amide bonds. The van der Waals surface area contributed by atoms with Crippen LogP contribution in [0.25, 0.3) is 0 Å². The van der Waals surface area contributed by atoms with Gasteiger partial charge in [0.25, 0.3) is 0 Å². The highest BCUT2D eigenvalue weighted by Crippen LogP contribution is 2.25. The molecule has 0 aliphatic heterocycles. The molecule has 0 spiro atoms. The average Bonchev–Trinajstić information content (AvgIpc) is 2.65. The van der Waals surface area contributed by atoms with Crippen LogP contribution in [0.4, 0.5) is 0 Å². The number of hydrogen-bond acceptors (Lipinski definition) is 3. The predicted molar refractivity (Wildman–Crippen MR) is 64.7 cm³/mol. The molecule has 0 unspecified atom stereocenters. The van der Waals surface area contributed by atoms with Crippen molar-refractivity contribution in [3.63, 3.8) is 0 Å². The van der Waals surface area contributed by atoms with Crippen LogP contribution in [0.15, 0.2) is 34.2 Å². The summed E-state index contributed by atoms with van der Waals surface area (Å²) in [5.41, 5.74) is 0.405. The van der Waals surface area contributed by atoms with Gasteiger partial charge in [-0.1, -0.05) is 11.6 Å². The Morgan fingerprint density at radius 1 is 1.40 bits per heavy atom. The minimum absolute atomic E-state index is 0.0893. The first-order valence-electron chi connectivity index (χ1n) is 4.08. The molecule has 0 bridgehead atoms. The van der Waals surface area contributed by atoms with Crippen LogP contribution in [0.1, 0.15) is 15.4 Å². The van der Waals surface area contributed by atoms with Gasteiger partial charge in [-0.05, 0) is 39.5 Å². The zero-order valence-corrected chi connectivity index (χ0v) is 10.6. The van der Waals surface area contributed by atoms with E-state index in [1.807, 2.05) is 11.4 Å². The van der Waals surface area contributed by atoms with Crippen LogP contribution in [0.3, 0.4) is 0 Å². The summed E-state index contributed by atoms with van der Waals surface area (Å²) in [6.07, 6.45) is 1.47. The maximum atomic E-state index is 11.9. The summed E-state index contributed by atoms with van der Waals surface area (Å²) >= 11 is 10.4. The standard InChI is InChI=1S/C10H5BrClNOS/c11-7-3-4-15-10(7)9(14)8-2-1-6(12)5-13-8/h1-5H. The Labute approximate surface area is 104 Å². The van der Waals surface area contributed by atoms with Crippen LogP contribution in [-0.4, -0.2) is 10.8 Å². The summed E-state index contributed by atoms with van der Waals surface area (Å²) in [5.74, 6) is -0.0893. The molecule has 2 rings (SSSR count). The van der Waals surface area contributed by atoms with Gasteiger partial charge in [0.05, 0.1) is 9.90 Å². The highest BCUT2D eigenvalue weighted by molar-refractivity contribution is 9.10. The van der Waals surface area contributed by atoms with Crippen LogP contribution >= 0.6 is 38.9 Å². The van der Waals surface area contributed by atoms with Gasteiger partial charge in [0.1, 0.15) is 5.69 Å². The second kappa shape index (κ2) is 4.43. The van der Waals surface area contributed by atoms with Gasteiger partial charge in [-0.3, -0.25) is 9.78 Å². The molecule has 0 atom stereocenters. The highest BCUT2D eigenvalue weighted by atomic mass is 79.9. The third-order valence-electron chi connectivity index (χ3n) is 1.78. The van der Waals surface area contributed by atoms with E-state index in [2.05, 4.69) is 20.9 Å². The number of nitrogens with zero attached hydrogens (tertiary/aromatic N) is 1. The molecule has 5 heteroatoms. The lowest BCUT2D eigenvalue weighted by Gasteiger charge is -1.98. The van der Waals surface area contributed by atoms with E-state index >= 15 is 0 Å². The fraction of sp³-hybridized carbons (Fsp3) is 0. The Kier molecular flexibility index (Phi) is 3.19. The van der Waals surface area contributed by atoms with E-state index in [1.165, 1.54) is 17.5 Å². The zero-order chi connectivity index (χ0) is 10.8. The average molecular weight is 303 g/mol. The highest BCUT2D eigenvalue weighted by Gasteiger charge is 2.14. The third-order valence-corrected chi connectivity index (χ3v) is 3.84. The lowest BCUT2D eigenvalue weighted by molar-refractivity contribution is 0.103. The largest absolute Gasteiger partial charge is 0.286 e. The van der Waals surface area contributed by atoms with E-state index in [0.717, 1.165) is 4.47 Å². The summed E-state index contributed by atoms with van der Waals surface area (Å²) in [6, 6.07) is 5.12. The molecule has 0 aliphatic rings. The van der Waals surface area contributed by atoms with Crippen LogP contribution < -0.4 is 0 Å². The molecule has 0 aliphatic carbocycles. The summed E-state index contributed by atoms with van der Waals surface area (Å²) in [4.78, 5) is 16.6. The van der Waals surface area contributed by atoms with Gasteiger partial charge >= 0.3 is 0 Å². The maximum absolute atomic E-state index is 11.9. The minimum Gasteiger partial charge on any atom is -0.286 e. The molecule has 0 aromatic carbocycles. The summed E-state index contributed by atoms with van der Waals surface area (Å²) < 4.78 is 0.800. The van der Waals surface area contributed by atoms with Crippen molar-refractivity contribution in [3.8, 4) is 0 Å². The lowest BCUT2D eigenvalue weighted by atomic mass is 10.2. The van der Waals surface area contributed by atoms with Gasteiger partial charge < -0.3 is 0 Å². The van der Waals surface area contributed by atoms with Gasteiger partial charge in [-0.2, -0.15) is 0 Å². The molecule has 0 saturated carbocycles. The maximum Gasteiger partial charge on any atom is 0.222 e. The van der Waals surface area contributed by atoms with Crippen molar-refractivity contribution in [1.29, 1.82) is 0 Å². The van der Waals surface area contributed by atoms with Crippen LogP contribution in [-0.2, 0) is 0 Å². The molecule has 0 radical (unpaired) electrons. The fourth-order valence-corrected chi connectivity index (χ4v) is 2.69. The van der Waals surface area contributed by atoms with Gasteiger partial charge in [0.2, 0.25) is 5.78 Å². The van der Waals surface area contributed by atoms with Crippen LogP contribution in [0, 0.1) is 0 Å². The molecular weight excluding hydrogens is 298 g/mol. The second-order valence-electron chi connectivity index (χ2n) is 2.79. The third kappa shape index (κ3) is 2.27. The van der Waals surface area contributed by atoms with Crippen molar-refractivity contribution < 1.29 is 4.79 Å². The molecular formula is C10H5BrClNOS. The molecule has 0 fully saturated rings. The summed E-state index contributed by atoms with van der Waals surface area (Å²) in [5, 5.41) is 2.38. The number of pyridine rings is 1. The summed E-state index contributed by atoms with van der Waals surface area (Å²) in [7, 11) is 0. The molecule has 0 saturated heterocycles. The van der Waals surface area contributed by atoms with Gasteiger partial charge in [-0.15, -0.1) is 11.3 Å². The van der Waals surface area contributed by atoms with Crippen molar-refractivity contribution >= 4 is 44.7 Å². The number of thiophene rings is 1. The number of halogens is 2. The molecule has 76 valence electrons. The Balaban J connectivity index is 2.37. The topological polar surface area (TPSA) is 30.0 Å². The zero-order valence-electron chi connectivity index (χ0n) is 7.41. The van der Waals surface area contributed by atoms with Gasteiger partial charge in [0, 0.05) is 10.7 Å². The lowest BCUT2D eigenvalue weighted by Crippen LogP contribution is -2.01. The minimum atomic E-state index is -0.0893.